The van der Waals surface area contributed by atoms with Crippen molar-refractivity contribution in [1.82, 2.24) is 9.97 Å². The SMILES string of the molecule is Nc1ncnc(C=O)c1-c1ccc(Oc2ccccc2)cc1. The van der Waals surface area contributed by atoms with E-state index in [1.54, 1.807) is 0 Å². The molecule has 0 spiro atoms. The van der Waals surface area contributed by atoms with Crippen LogP contribution in [-0.2, 0) is 0 Å². The van der Waals surface area contributed by atoms with Gasteiger partial charge in [0.15, 0.2) is 6.29 Å². The van der Waals surface area contributed by atoms with Crippen LogP contribution in [-0.4, -0.2) is 16.3 Å². The Morgan fingerprint density at radius 1 is 0.909 bits per heavy atom. The van der Waals surface area contributed by atoms with Crippen molar-refractivity contribution in [2.24, 2.45) is 0 Å². The molecule has 0 unspecified atom stereocenters. The van der Waals surface area contributed by atoms with Gasteiger partial charge in [-0.25, -0.2) is 9.97 Å². The zero-order chi connectivity index (χ0) is 15.4. The van der Waals surface area contributed by atoms with Crippen LogP contribution in [0.15, 0.2) is 60.9 Å². The Balaban J connectivity index is 1.91. The lowest BCUT2D eigenvalue weighted by Gasteiger charge is -2.09. The van der Waals surface area contributed by atoms with E-state index in [1.807, 2.05) is 54.6 Å². The van der Waals surface area contributed by atoms with Crippen LogP contribution in [0.4, 0.5) is 5.82 Å². The molecule has 0 bridgehead atoms. The second-order valence-electron chi connectivity index (χ2n) is 4.58. The molecule has 0 atom stereocenters. The third-order valence-electron chi connectivity index (χ3n) is 3.14. The summed E-state index contributed by atoms with van der Waals surface area (Å²) in [5, 5.41) is 0. The largest absolute Gasteiger partial charge is 0.457 e. The van der Waals surface area contributed by atoms with Crippen LogP contribution in [0, 0.1) is 0 Å². The van der Waals surface area contributed by atoms with Crippen molar-refractivity contribution >= 4 is 12.1 Å². The van der Waals surface area contributed by atoms with Crippen LogP contribution in [0.2, 0.25) is 0 Å². The van der Waals surface area contributed by atoms with E-state index in [0.29, 0.717) is 17.6 Å². The van der Waals surface area contributed by atoms with Gasteiger partial charge < -0.3 is 10.5 Å². The molecule has 5 heteroatoms. The van der Waals surface area contributed by atoms with E-state index in [4.69, 9.17) is 10.5 Å². The maximum atomic E-state index is 11.1. The van der Waals surface area contributed by atoms with E-state index in [-0.39, 0.29) is 11.5 Å². The van der Waals surface area contributed by atoms with E-state index in [9.17, 15) is 4.79 Å². The summed E-state index contributed by atoms with van der Waals surface area (Å²) in [6.07, 6.45) is 1.94. The number of aromatic nitrogens is 2. The third kappa shape index (κ3) is 2.78. The predicted molar refractivity (Wildman–Crippen MR) is 83.8 cm³/mol. The number of carbonyl (C=O) groups excluding carboxylic acids is 1. The molecule has 108 valence electrons. The van der Waals surface area contributed by atoms with Crippen molar-refractivity contribution < 1.29 is 9.53 Å². The number of carbonyl (C=O) groups is 1. The molecule has 0 saturated heterocycles. The molecule has 1 heterocycles. The molecule has 0 aliphatic rings. The standard InChI is InChI=1S/C17H13N3O2/c18-17-16(15(10-21)19-11-20-17)12-6-8-14(9-7-12)22-13-4-2-1-3-5-13/h1-11H,(H2,18,19,20). The summed E-state index contributed by atoms with van der Waals surface area (Å²) in [5.74, 6) is 1.72. The average molecular weight is 291 g/mol. The third-order valence-corrected chi connectivity index (χ3v) is 3.14. The smallest absolute Gasteiger partial charge is 0.169 e. The highest BCUT2D eigenvalue weighted by atomic mass is 16.5. The first-order chi connectivity index (χ1) is 10.8. The van der Waals surface area contributed by atoms with Crippen molar-refractivity contribution in [3.63, 3.8) is 0 Å². The first-order valence-corrected chi connectivity index (χ1v) is 6.67. The lowest BCUT2D eigenvalue weighted by Crippen LogP contribution is -2.00. The van der Waals surface area contributed by atoms with Gasteiger partial charge in [-0.1, -0.05) is 30.3 Å². The molecule has 3 aromatic rings. The number of aldehydes is 1. The summed E-state index contributed by atoms with van der Waals surface area (Å²) in [6, 6.07) is 16.7. The Hall–Kier alpha value is -3.21. The number of nitrogens with zero attached hydrogens (tertiary/aromatic N) is 2. The van der Waals surface area contributed by atoms with Gasteiger partial charge in [-0.15, -0.1) is 0 Å². The monoisotopic (exact) mass is 291 g/mol. The van der Waals surface area contributed by atoms with Crippen molar-refractivity contribution in [3.8, 4) is 22.6 Å². The minimum absolute atomic E-state index is 0.268. The summed E-state index contributed by atoms with van der Waals surface area (Å²) >= 11 is 0. The number of anilines is 1. The van der Waals surface area contributed by atoms with E-state index >= 15 is 0 Å². The second kappa shape index (κ2) is 6.05. The number of nitrogens with two attached hydrogens (primary N) is 1. The van der Waals surface area contributed by atoms with E-state index in [0.717, 1.165) is 11.3 Å². The van der Waals surface area contributed by atoms with E-state index in [2.05, 4.69) is 9.97 Å². The number of para-hydroxylation sites is 1. The van der Waals surface area contributed by atoms with Crippen molar-refractivity contribution in [3.05, 3.63) is 66.6 Å². The average Bonchev–Trinajstić information content (AvgIpc) is 2.56. The molecule has 0 amide bonds. The topological polar surface area (TPSA) is 78.1 Å². The molecular formula is C17H13N3O2. The van der Waals surface area contributed by atoms with Crippen LogP contribution in [0.5, 0.6) is 11.5 Å². The molecule has 2 N–H and O–H groups in total. The fourth-order valence-electron chi connectivity index (χ4n) is 2.11. The highest BCUT2D eigenvalue weighted by molar-refractivity contribution is 5.89. The summed E-state index contributed by atoms with van der Waals surface area (Å²) in [5.41, 5.74) is 7.41. The highest BCUT2D eigenvalue weighted by Crippen LogP contribution is 2.29. The number of hydrogen-bond donors (Lipinski definition) is 1. The lowest BCUT2D eigenvalue weighted by atomic mass is 10.0. The number of rotatable bonds is 4. The van der Waals surface area contributed by atoms with Gasteiger partial charge in [0.25, 0.3) is 0 Å². The van der Waals surface area contributed by atoms with Gasteiger partial charge in [0.2, 0.25) is 0 Å². The van der Waals surface area contributed by atoms with Gasteiger partial charge in [-0.2, -0.15) is 0 Å². The molecule has 5 nitrogen and oxygen atoms in total. The van der Waals surface area contributed by atoms with Crippen LogP contribution < -0.4 is 10.5 Å². The Bertz CT molecular complexity index is 787. The lowest BCUT2D eigenvalue weighted by molar-refractivity contribution is 0.111. The quantitative estimate of drug-likeness (QED) is 0.746. The highest BCUT2D eigenvalue weighted by Gasteiger charge is 2.11. The zero-order valence-corrected chi connectivity index (χ0v) is 11.6. The van der Waals surface area contributed by atoms with Crippen molar-refractivity contribution in [1.29, 1.82) is 0 Å². The molecule has 1 aromatic heterocycles. The molecule has 0 aliphatic heterocycles. The van der Waals surface area contributed by atoms with Crippen molar-refractivity contribution in [2.75, 3.05) is 5.73 Å². The summed E-state index contributed by atoms with van der Waals surface area (Å²) in [4.78, 5) is 19.0. The van der Waals surface area contributed by atoms with Gasteiger partial charge in [0, 0.05) is 0 Å². The summed E-state index contributed by atoms with van der Waals surface area (Å²) in [6.45, 7) is 0. The number of benzene rings is 2. The molecule has 2 aromatic carbocycles. The summed E-state index contributed by atoms with van der Waals surface area (Å²) in [7, 11) is 0. The molecule has 0 saturated carbocycles. The van der Waals surface area contributed by atoms with E-state index < -0.39 is 0 Å². The van der Waals surface area contributed by atoms with Crippen molar-refractivity contribution in [2.45, 2.75) is 0 Å². The summed E-state index contributed by atoms with van der Waals surface area (Å²) < 4.78 is 5.72. The number of ether oxygens (including phenoxy) is 1. The molecule has 0 fully saturated rings. The van der Waals surface area contributed by atoms with Gasteiger partial charge in [-0.05, 0) is 29.8 Å². The first kappa shape index (κ1) is 13.8. The van der Waals surface area contributed by atoms with Crippen LogP contribution >= 0.6 is 0 Å². The minimum atomic E-state index is 0.268. The Morgan fingerprint density at radius 2 is 1.59 bits per heavy atom. The number of hydrogen-bond acceptors (Lipinski definition) is 5. The van der Waals surface area contributed by atoms with Gasteiger partial charge in [-0.3, -0.25) is 4.79 Å². The Morgan fingerprint density at radius 3 is 2.27 bits per heavy atom. The predicted octanol–water partition coefficient (Wildman–Crippen LogP) is 3.33. The number of nitrogen functional groups attached to an aromatic ring is 1. The maximum absolute atomic E-state index is 11.1. The maximum Gasteiger partial charge on any atom is 0.169 e. The van der Waals surface area contributed by atoms with Gasteiger partial charge >= 0.3 is 0 Å². The fourth-order valence-corrected chi connectivity index (χ4v) is 2.11. The molecule has 22 heavy (non-hydrogen) atoms. The van der Waals surface area contributed by atoms with Crippen LogP contribution in [0.1, 0.15) is 10.5 Å². The van der Waals surface area contributed by atoms with Crippen LogP contribution in [0.25, 0.3) is 11.1 Å². The Kier molecular flexibility index (Phi) is 3.78. The zero-order valence-electron chi connectivity index (χ0n) is 11.6. The molecule has 0 radical (unpaired) electrons. The Labute approximate surface area is 127 Å². The van der Waals surface area contributed by atoms with Gasteiger partial charge in [0.1, 0.15) is 29.3 Å². The van der Waals surface area contributed by atoms with Gasteiger partial charge in [0.05, 0.1) is 5.56 Å². The molecule has 3 rings (SSSR count). The molecular weight excluding hydrogens is 278 g/mol. The fraction of sp³-hybridized carbons (Fsp3) is 0. The first-order valence-electron chi connectivity index (χ1n) is 6.67. The molecule has 0 aliphatic carbocycles. The minimum Gasteiger partial charge on any atom is -0.457 e. The van der Waals surface area contributed by atoms with E-state index in [1.165, 1.54) is 6.33 Å². The normalized spacial score (nSPS) is 10.2. The second-order valence-corrected chi connectivity index (χ2v) is 4.58. The van der Waals surface area contributed by atoms with Crippen LogP contribution in [0.3, 0.4) is 0 Å².